The number of rotatable bonds is 5. The van der Waals surface area contributed by atoms with E-state index in [1.807, 2.05) is 6.92 Å². The van der Waals surface area contributed by atoms with Crippen molar-refractivity contribution in [2.75, 3.05) is 18.8 Å². The fraction of sp³-hybridized carbons (Fsp3) is 0.400. The second-order valence-electron chi connectivity index (χ2n) is 3.31. The van der Waals surface area contributed by atoms with Crippen LogP contribution in [0.25, 0.3) is 0 Å². The van der Waals surface area contributed by atoms with Crippen molar-refractivity contribution in [1.82, 2.24) is 15.6 Å². The van der Waals surface area contributed by atoms with Crippen LogP contribution in [0, 0.1) is 0 Å². The van der Waals surface area contributed by atoms with Gasteiger partial charge in [0.15, 0.2) is 0 Å². The topological polar surface area (TPSA) is 100 Å². The Kier molecular flexibility index (Phi) is 4.38. The summed E-state index contributed by atoms with van der Waals surface area (Å²) in [6.45, 7) is 2.75. The van der Waals surface area contributed by atoms with Gasteiger partial charge in [-0.1, -0.05) is 0 Å². The maximum Gasteiger partial charge on any atom is 0.267 e. The van der Waals surface area contributed by atoms with Gasteiger partial charge in [0.2, 0.25) is 5.91 Å². The van der Waals surface area contributed by atoms with Crippen LogP contribution in [0.5, 0.6) is 0 Å². The normalized spacial score (nSPS) is 9.81. The van der Waals surface area contributed by atoms with Gasteiger partial charge in [0.25, 0.3) is 5.91 Å². The molecule has 5 N–H and O–H groups in total. The third-order valence-electron chi connectivity index (χ3n) is 1.96. The monoisotopic (exact) mass is 224 g/mol. The molecule has 0 fully saturated rings. The van der Waals surface area contributed by atoms with Crippen LogP contribution in [0.3, 0.4) is 0 Å². The lowest BCUT2D eigenvalue weighted by Gasteiger charge is -2.03. The fourth-order valence-electron chi connectivity index (χ4n) is 1.21. The first-order valence-electron chi connectivity index (χ1n) is 5.12. The van der Waals surface area contributed by atoms with Gasteiger partial charge in [0, 0.05) is 31.4 Å². The third kappa shape index (κ3) is 3.64. The average molecular weight is 224 g/mol. The minimum Gasteiger partial charge on any atom is -0.397 e. The number of H-pyrrole nitrogens is 1. The molecule has 1 aromatic rings. The van der Waals surface area contributed by atoms with E-state index in [0.717, 1.165) is 0 Å². The van der Waals surface area contributed by atoms with Gasteiger partial charge in [-0.25, -0.2) is 0 Å². The van der Waals surface area contributed by atoms with Gasteiger partial charge in [-0.2, -0.15) is 0 Å². The van der Waals surface area contributed by atoms with Gasteiger partial charge in [-0.05, 0) is 13.0 Å². The van der Waals surface area contributed by atoms with Crippen molar-refractivity contribution >= 4 is 17.5 Å². The minimum absolute atomic E-state index is 0.0752. The molecule has 0 aliphatic rings. The van der Waals surface area contributed by atoms with Gasteiger partial charge in [-0.15, -0.1) is 0 Å². The van der Waals surface area contributed by atoms with E-state index in [-0.39, 0.29) is 18.2 Å². The van der Waals surface area contributed by atoms with Crippen molar-refractivity contribution in [1.29, 1.82) is 0 Å². The van der Waals surface area contributed by atoms with E-state index >= 15 is 0 Å². The first-order chi connectivity index (χ1) is 7.63. The Morgan fingerprint density at radius 2 is 2.19 bits per heavy atom. The molecule has 0 atom stereocenters. The van der Waals surface area contributed by atoms with Crippen LogP contribution in [0.15, 0.2) is 12.3 Å². The molecular weight excluding hydrogens is 208 g/mol. The number of hydrogen-bond donors (Lipinski definition) is 4. The molecule has 0 spiro atoms. The Labute approximate surface area is 93.6 Å². The molecule has 88 valence electrons. The summed E-state index contributed by atoms with van der Waals surface area (Å²) < 4.78 is 0. The highest BCUT2D eigenvalue weighted by Gasteiger charge is 2.07. The second-order valence-corrected chi connectivity index (χ2v) is 3.31. The summed E-state index contributed by atoms with van der Waals surface area (Å²) in [5.74, 6) is -0.338. The highest BCUT2D eigenvalue weighted by atomic mass is 16.2. The fourth-order valence-corrected chi connectivity index (χ4v) is 1.21. The molecule has 16 heavy (non-hydrogen) atoms. The van der Waals surface area contributed by atoms with Crippen molar-refractivity contribution in [3.8, 4) is 0 Å². The molecule has 0 radical (unpaired) electrons. The Bertz CT molecular complexity index is 373. The van der Waals surface area contributed by atoms with E-state index in [0.29, 0.717) is 24.5 Å². The summed E-state index contributed by atoms with van der Waals surface area (Å²) >= 11 is 0. The number of carbonyl (C=O) groups is 2. The maximum absolute atomic E-state index is 11.5. The van der Waals surface area contributed by atoms with Gasteiger partial charge in [0.1, 0.15) is 5.69 Å². The summed E-state index contributed by atoms with van der Waals surface area (Å²) in [6.07, 6.45) is 1.81. The number of nitrogens with two attached hydrogens (primary N) is 1. The number of carbonyl (C=O) groups excluding carboxylic acids is 2. The van der Waals surface area contributed by atoms with Crippen molar-refractivity contribution < 1.29 is 9.59 Å². The van der Waals surface area contributed by atoms with Crippen LogP contribution < -0.4 is 16.4 Å². The lowest BCUT2D eigenvalue weighted by atomic mass is 10.3. The number of anilines is 1. The molecule has 2 amide bonds. The first-order valence-corrected chi connectivity index (χ1v) is 5.12. The van der Waals surface area contributed by atoms with Crippen molar-refractivity contribution in [3.63, 3.8) is 0 Å². The van der Waals surface area contributed by atoms with E-state index in [1.54, 1.807) is 12.3 Å². The Hall–Kier alpha value is -1.98. The number of nitrogen functional groups attached to an aromatic ring is 1. The number of amides is 2. The van der Waals surface area contributed by atoms with Gasteiger partial charge >= 0.3 is 0 Å². The lowest BCUT2D eigenvalue weighted by molar-refractivity contribution is -0.120. The largest absolute Gasteiger partial charge is 0.397 e. The van der Waals surface area contributed by atoms with Crippen molar-refractivity contribution in [3.05, 3.63) is 18.0 Å². The van der Waals surface area contributed by atoms with Crippen LogP contribution in [0.2, 0.25) is 0 Å². The maximum atomic E-state index is 11.5. The van der Waals surface area contributed by atoms with E-state index in [4.69, 9.17) is 5.73 Å². The second kappa shape index (κ2) is 5.79. The standard InChI is InChI=1S/C10H16N4O2/c1-2-12-9(15)3-4-13-10(16)8-5-7(11)6-14-8/h5-6,14H,2-4,11H2,1H3,(H,12,15)(H,13,16). The molecule has 1 heterocycles. The molecule has 6 nitrogen and oxygen atoms in total. The molecule has 6 heteroatoms. The minimum atomic E-state index is -0.263. The predicted octanol–water partition coefficient (Wildman–Crippen LogP) is -0.147. The van der Waals surface area contributed by atoms with Gasteiger partial charge in [0.05, 0.1) is 0 Å². The molecular formula is C10H16N4O2. The summed E-state index contributed by atoms with van der Waals surface area (Å²) in [5, 5.41) is 5.26. The van der Waals surface area contributed by atoms with Crippen molar-refractivity contribution in [2.24, 2.45) is 0 Å². The molecule has 1 rings (SSSR count). The third-order valence-corrected chi connectivity index (χ3v) is 1.96. The molecule has 0 bridgehead atoms. The predicted molar refractivity (Wildman–Crippen MR) is 60.8 cm³/mol. The number of aromatic amines is 1. The molecule has 0 aromatic carbocycles. The van der Waals surface area contributed by atoms with Crippen LogP contribution >= 0.6 is 0 Å². The van der Waals surface area contributed by atoms with Crippen molar-refractivity contribution in [2.45, 2.75) is 13.3 Å². The van der Waals surface area contributed by atoms with E-state index in [9.17, 15) is 9.59 Å². The quantitative estimate of drug-likeness (QED) is 0.559. The van der Waals surface area contributed by atoms with E-state index < -0.39 is 0 Å². The molecule has 0 aliphatic heterocycles. The van der Waals surface area contributed by atoms with Crippen LogP contribution in [-0.2, 0) is 4.79 Å². The molecule has 0 saturated heterocycles. The smallest absolute Gasteiger partial charge is 0.267 e. The van der Waals surface area contributed by atoms with Crippen LogP contribution in [0.4, 0.5) is 5.69 Å². The van der Waals surface area contributed by atoms with E-state index in [1.165, 1.54) is 0 Å². The molecule has 1 aromatic heterocycles. The Morgan fingerprint density at radius 3 is 2.75 bits per heavy atom. The SMILES string of the molecule is CCNC(=O)CCNC(=O)c1cc(N)c[nH]1. The van der Waals surface area contributed by atoms with Gasteiger partial charge < -0.3 is 21.4 Å². The highest BCUT2D eigenvalue weighted by Crippen LogP contribution is 2.03. The summed E-state index contributed by atoms with van der Waals surface area (Å²) in [6, 6.07) is 1.54. The zero-order valence-corrected chi connectivity index (χ0v) is 9.17. The summed E-state index contributed by atoms with van der Waals surface area (Å²) in [5.41, 5.74) is 6.36. The van der Waals surface area contributed by atoms with Gasteiger partial charge in [-0.3, -0.25) is 9.59 Å². The Morgan fingerprint density at radius 1 is 1.44 bits per heavy atom. The zero-order chi connectivity index (χ0) is 12.0. The highest BCUT2D eigenvalue weighted by molar-refractivity contribution is 5.93. The van der Waals surface area contributed by atoms with E-state index in [2.05, 4.69) is 15.6 Å². The number of aromatic nitrogens is 1. The summed E-state index contributed by atoms with van der Waals surface area (Å²) in [7, 11) is 0. The number of hydrogen-bond acceptors (Lipinski definition) is 3. The zero-order valence-electron chi connectivity index (χ0n) is 9.17. The van der Waals surface area contributed by atoms with Crippen LogP contribution in [-0.4, -0.2) is 29.9 Å². The molecule has 0 saturated carbocycles. The lowest BCUT2D eigenvalue weighted by Crippen LogP contribution is -2.30. The average Bonchev–Trinajstić information content (AvgIpc) is 2.65. The molecule has 0 unspecified atom stereocenters. The van der Waals surface area contributed by atoms with Crippen LogP contribution in [0.1, 0.15) is 23.8 Å². The molecule has 0 aliphatic carbocycles. The Balaban J connectivity index is 2.28. The first kappa shape index (κ1) is 12.1. The number of nitrogens with one attached hydrogen (secondary N) is 3. The summed E-state index contributed by atoms with van der Waals surface area (Å²) in [4.78, 5) is 25.3.